The summed E-state index contributed by atoms with van der Waals surface area (Å²) in [5, 5.41) is 3.36. The maximum Gasteiger partial charge on any atom is 0.135 e. The molecule has 4 nitrogen and oxygen atoms in total. The van der Waals surface area contributed by atoms with Crippen LogP contribution in [0.5, 0.6) is 0 Å². The fraction of sp³-hybridized carbons (Fsp3) is 0.412. The minimum absolute atomic E-state index is 0.555. The van der Waals surface area contributed by atoms with Crippen LogP contribution in [0.2, 0.25) is 0 Å². The maximum absolute atomic E-state index is 4.38. The Labute approximate surface area is 126 Å². The first-order valence-electron chi connectivity index (χ1n) is 7.66. The molecule has 0 radical (unpaired) electrons. The lowest BCUT2D eigenvalue weighted by Crippen LogP contribution is -2.19. The Morgan fingerprint density at radius 3 is 2.43 bits per heavy atom. The van der Waals surface area contributed by atoms with Crippen molar-refractivity contribution in [3.8, 4) is 0 Å². The van der Waals surface area contributed by atoms with E-state index >= 15 is 0 Å². The molecule has 1 aliphatic rings. The van der Waals surface area contributed by atoms with Crippen molar-refractivity contribution in [2.45, 2.75) is 32.6 Å². The van der Waals surface area contributed by atoms with E-state index in [1.165, 1.54) is 18.4 Å². The molecule has 0 spiro atoms. The van der Waals surface area contributed by atoms with Crippen molar-refractivity contribution in [3.05, 3.63) is 42.2 Å². The van der Waals surface area contributed by atoms with Gasteiger partial charge in [0.25, 0.3) is 0 Å². The van der Waals surface area contributed by atoms with Crippen molar-refractivity contribution in [1.82, 2.24) is 9.97 Å². The molecule has 2 heterocycles. The Hall–Kier alpha value is -2.10. The van der Waals surface area contributed by atoms with Crippen LogP contribution in [0.4, 0.5) is 17.3 Å². The molecule has 0 unspecified atom stereocenters. The summed E-state index contributed by atoms with van der Waals surface area (Å²) in [5.41, 5.74) is 2.41. The molecule has 4 heteroatoms. The van der Waals surface area contributed by atoms with E-state index in [1.54, 1.807) is 6.33 Å². The van der Waals surface area contributed by atoms with Crippen LogP contribution in [0.3, 0.4) is 0 Å². The molecule has 1 saturated heterocycles. The minimum atomic E-state index is 0.555. The zero-order chi connectivity index (χ0) is 14.7. The van der Waals surface area contributed by atoms with Crippen LogP contribution in [0.25, 0.3) is 0 Å². The molecule has 1 aromatic carbocycles. The van der Waals surface area contributed by atoms with E-state index < -0.39 is 0 Å². The number of hydrogen-bond donors (Lipinski definition) is 1. The monoisotopic (exact) mass is 282 g/mol. The standard InChI is InChI=1S/C17H22N4/c1-13(2)14-5-7-15(8-6-14)20-16-11-17(19-12-18-16)21-9-3-4-10-21/h5-8,11-13H,3-4,9-10H2,1-2H3,(H,18,19,20). The van der Waals surface area contributed by atoms with Crippen LogP contribution >= 0.6 is 0 Å². The quantitative estimate of drug-likeness (QED) is 0.922. The van der Waals surface area contributed by atoms with Crippen molar-refractivity contribution in [2.24, 2.45) is 0 Å². The smallest absolute Gasteiger partial charge is 0.135 e. The van der Waals surface area contributed by atoms with Crippen LogP contribution in [0.15, 0.2) is 36.7 Å². The van der Waals surface area contributed by atoms with Gasteiger partial charge in [-0.3, -0.25) is 0 Å². The second kappa shape index (κ2) is 6.12. The molecule has 2 aromatic rings. The predicted octanol–water partition coefficient (Wildman–Crippen LogP) is 3.94. The molecule has 0 atom stereocenters. The van der Waals surface area contributed by atoms with E-state index in [-0.39, 0.29) is 0 Å². The number of rotatable bonds is 4. The second-order valence-electron chi connectivity index (χ2n) is 5.86. The van der Waals surface area contributed by atoms with E-state index in [4.69, 9.17) is 0 Å². The first kappa shape index (κ1) is 13.9. The number of nitrogens with one attached hydrogen (secondary N) is 1. The highest BCUT2D eigenvalue weighted by molar-refractivity contribution is 5.59. The number of aromatic nitrogens is 2. The summed E-state index contributed by atoms with van der Waals surface area (Å²) in [6, 6.07) is 10.6. The number of hydrogen-bond acceptors (Lipinski definition) is 4. The Bertz CT molecular complexity index is 586. The minimum Gasteiger partial charge on any atom is -0.356 e. The maximum atomic E-state index is 4.38. The van der Waals surface area contributed by atoms with Crippen molar-refractivity contribution in [3.63, 3.8) is 0 Å². The molecule has 0 amide bonds. The van der Waals surface area contributed by atoms with Gasteiger partial charge in [-0.2, -0.15) is 0 Å². The van der Waals surface area contributed by atoms with Gasteiger partial charge in [-0.25, -0.2) is 9.97 Å². The van der Waals surface area contributed by atoms with E-state index in [2.05, 4.69) is 58.3 Å². The van der Waals surface area contributed by atoms with E-state index in [1.807, 2.05) is 6.07 Å². The lowest BCUT2D eigenvalue weighted by atomic mass is 10.0. The van der Waals surface area contributed by atoms with Crippen LogP contribution in [-0.4, -0.2) is 23.1 Å². The highest BCUT2D eigenvalue weighted by Gasteiger charge is 2.14. The fourth-order valence-corrected chi connectivity index (χ4v) is 2.63. The summed E-state index contributed by atoms with van der Waals surface area (Å²) >= 11 is 0. The van der Waals surface area contributed by atoms with Crippen molar-refractivity contribution in [1.29, 1.82) is 0 Å². The topological polar surface area (TPSA) is 41.0 Å². The Balaban J connectivity index is 1.73. The van der Waals surface area contributed by atoms with Gasteiger partial charge in [0.05, 0.1) is 0 Å². The first-order chi connectivity index (χ1) is 10.2. The van der Waals surface area contributed by atoms with E-state index in [0.717, 1.165) is 30.4 Å². The molecule has 1 N–H and O–H groups in total. The van der Waals surface area contributed by atoms with E-state index in [9.17, 15) is 0 Å². The molecule has 21 heavy (non-hydrogen) atoms. The molecule has 3 rings (SSSR count). The average molecular weight is 282 g/mol. The molecule has 110 valence electrons. The Morgan fingerprint density at radius 2 is 1.76 bits per heavy atom. The van der Waals surface area contributed by atoms with Gasteiger partial charge in [0.2, 0.25) is 0 Å². The van der Waals surface area contributed by atoms with Crippen LogP contribution < -0.4 is 10.2 Å². The number of anilines is 3. The summed E-state index contributed by atoms with van der Waals surface area (Å²) < 4.78 is 0. The van der Waals surface area contributed by atoms with Crippen molar-refractivity contribution in [2.75, 3.05) is 23.3 Å². The fourth-order valence-electron chi connectivity index (χ4n) is 2.63. The summed E-state index contributed by atoms with van der Waals surface area (Å²) in [6.07, 6.45) is 4.14. The summed E-state index contributed by atoms with van der Waals surface area (Å²) in [7, 11) is 0. The van der Waals surface area contributed by atoms with Gasteiger partial charge < -0.3 is 10.2 Å². The second-order valence-corrected chi connectivity index (χ2v) is 5.86. The molecule has 1 aromatic heterocycles. The summed E-state index contributed by atoms with van der Waals surface area (Å²) in [6.45, 7) is 6.60. The summed E-state index contributed by atoms with van der Waals surface area (Å²) in [4.78, 5) is 11.0. The van der Waals surface area contributed by atoms with Gasteiger partial charge in [-0.15, -0.1) is 0 Å². The largest absolute Gasteiger partial charge is 0.356 e. The molecule has 0 saturated carbocycles. The van der Waals surface area contributed by atoms with Gasteiger partial charge in [0.1, 0.15) is 18.0 Å². The van der Waals surface area contributed by atoms with Gasteiger partial charge in [-0.1, -0.05) is 26.0 Å². The lowest BCUT2D eigenvalue weighted by molar-refractivity contribution is 0.867. The third kappa shape index (κ3) is 3.32. The molecule has 0 aliphatic carbocycles. The van der Waals surface area contributed by atoms with Gasteiger partial charge in [0.15, 0.2) is 0 Å². The molecular formula is C17H22N4. The molecule has 0 bridgehead atoms. The van der Waals surface area contributed by atoms with Gasteiger partial charge >= 0.3 is 0 Å². The zero-order valence-electron chi connectivity index (χ0n) is 12.7. The van der Waals surface area contributed by atoms with Gasteiger partial charge in [-0.05, 0) is 36.5 Å². The highest BCUT2D eigenvalue weighted by atomic mass is 15.2. The molecule has 1 aliphatic heterocycles. The van der Waals surface area contributed by atoms with Crippen molar-refractivity contribution < 1.29 is 0 Å². The Morgan fingerprint density at radius 1 is 1.05 bits per heavy atom. The predicted molar refractivity (Wildman–Crippen MR) is 87.3 cm³/mol. The lowest BCUT2D eigenvalue weighted by Gasteiger charge is -2.16. The Kier molecular flexibility index (Phi) is 4.04. The SMILES string of the molecule is CC(C)c1ccc(Nc2cc(N3CCCC3)ncn2)cc1. The highest BCUT2D eigenvalue weighted by Crippen LogP contribution is 2.23. The first-order valence-corrected chi connectivity index (χ1v) is 7.66. The number of nitrogens with zero attached hydrogens (tertiary/aromatic N) is 3. The average Bonchev–Trinajstić information content (AvgIpc) is 3.02. The normalized spacial score (nSPS) is 14.7. The van der Waals surface area contributed by atoms with Crippen LogP contribution in [-0.2, 0) is 0 Å². The number of benzene rings is 1. The third-order valence-corrected chi connectivity index (χ3v) is 3.93. The van der Waals surface area contributed by atoms with Crippen LogP contribution in [0.1, 0.15) is 38.2 Å². The zero-order valence-corrected chi connectivity index (χ0v) is 12.7. The van der Waals surface area contributed by atoms with Crippen molar-refractivity contribution >= 4 is 17.3 Å². The van der Waals surface area contributed by atoms with Crippen LogP contribution in [0, 0.1) is 0 Å². The third-order valence-electron chi connectivity index (χ3n) is 3.93. The van der Waals surface area contributed by atoms with E-state index in [0.29, 0.717) is 5.92 Å². The summed E-state index contributed by atoms with van der Waals surface area (Å²) in [5.74, 6) is 2.42. The van der Waals surface area contributed by atoms with Gasteiger partial charge in [0, 0.05) is 24.8 Å². The molecule has 1 fully saturated rings. The molecular weight excluding hydrogens is 260 g/mol.